The largest absolute Gasteiger partial charge is 0.384 e. The Labute approximate surface area is 107 Å². The minimum absolute atomic E-state index is 0.00786. The number of hydrogen-bond acceptors (Lipinski definition) is 5. The van der Waals surface area contributed by atoms with Gasteiger partial charge in [0.1, 0.15) is 10.7 Å². The van der Waals surface area contributed by atoms with E-state index in [9.17, 15) is 8.42 Å². The van der Waals surface area contributed by atoms with E-state index in [2.05, 4.69) is 4.98 Å². The van der Waals surface area contributed by atoms with Crippen molar-refractivity contribution in [2.75, 3.05) is 25.9 Å². The molecule has 2 N–H and O–H groups in total. The van der Waals surface area contributed by atoms with Crippen LogP contribution in [-0.4, -0.2) is 44.0 Å². The molecule has 0 aromatic carbocycles. The van der Waals surface area contributed by atoms with Gasteiger partial charge in [-0.25, -0.2) is 13.4 Å². The fraction of sp³-hybridized carbons (Fsp3) is 0.545. The number of likely N-dealkylation sites (N-methyl/N-ethyl adjacent to an activating group) is 1. The van der Waals surface area contributed by atoms with Crippen molar-refractivity contribution < 1.29 is 13.2 Å². The van der Waals surface area contributed by atoms with Crippen molar-refractivity contribution >= 4 is 15.8 Å². The van der Waals surface area contributed by atoms with E-state index in [0.29, 0.717) is 19.0 Å². The second-order valence-corrected chi connectivity index (χ2v) is 6.38. The Balaban J connectivity index is 2.11. The predicted molar refractivity (Wildman–Crippen MR) is 67.4 cm³/mol. The first kappa shape index (κ1) is 13.3. The van der Waals surface area contributed by atoms with Crippen LogP contribution < -0.4 is 5.73 Å². The molecule has 100 valence electrons. The molecule has 0 saturated carbocycles. The van der Waals surface area contributed by atoms with Gasteiger partial charge in [-0.1, -0.05) is 0 Å². The maximum atomic E-state index is 12.2. The summed E-state index contributed by atoms with van der Waals surface area (Å²) in [6.07, 6.45) is 3.16. The zero-order chi connectivity index (χ0) is 13.2. The fourth-order valence-corrected chi connectivity index (χ4v) is 3.05. The van der Waals surface area contributed by atoms with Crippen molar-refractivity contribution in [3.63, 3.8) is 0 Å². The van der Waals surface area contributed by atoms with Gasteiger partial charge in [-0.2, -0.15) is 4.31 Å². The molecule has 1 fully saturated rings. The smallest absolute Gasteiger partial charge is 0.244 e. The van der Waals surface area contributed by atoms with Crippen molar-refractivity contribution in [3.05, 3.63) is 18.3 Å². The summed E-state index contributed by atoms with van der Waals surface area (Å²) in [7, 11) is -1.96. The highest BCUT2D eigenvalue weighted by Crippen LogP contribution is 2.18. The number of sulfonamides is 1. The summed E-state index contributed by atoms with van der Waals surface area (Å²) in [5.74, 6) is 0.302. The molecule has 1 aromatic rings. The lowest BCUT2D eigenvalue weighted by molar-refractivity contribution is 0.0979. The maximum absolute atomic E-state index is 12.2. The van der Waals surface area contributed by atoms with E-state index < -0.39 is 10.0 Å². The number of ether oxygens (including phenoxy) is 1. The number of pyridine rings is 1. The van der Waals surface area contributed by atoms with Crippen LogP contribution in [0.15, 0.2) is 23.2 Å². The normalized spacial score (nSPS) is 20.4. The summed E-state index contributed by atoms with van der Waals surface area (Å²) in [4.78, 5) is 3.95. The molecular formula is C11H17N3O3S. The number of nitrogen functional groups attached to an aromatic ring is 1. The van der Waals surface area contributed by atoms with Crippen molar-refractivity contribution in [2.24, 2.45) is 0 Å². The number of rotatable bonds is 4. The first-order chi connectivity index (χ1) is 8.50. The van der Waals surface area contributed by atoms with Crippen LogP contribution in [0.5, 0.6) is 0 Å². The molecule has 1 unspecified atom stereocenters. The van der Waals surface area contributed by atoms with Gasteiger partial charge in [0.2, 0.25) is 10.0 Å². The second-order valence-electron chi connectivity index (χ2n) is 4.34. The van der Waals surface area contributed by atoms with Gasteiger partial charge in [0.15, 0.2) is 0 Å². The van der Waals surface area contributed by atoms with Gasteiger partial charge in [-0.15, -0.1) is 0 Å². The average molecular weight is 271 g/mol. The molecule has 0 aliphatic carbocycles. The van der Waals surface area contributed by atoms with E-state index in [1.807, 2.05) is 0 Å². The Bertz CT molecular complexity index is 495. The van der Waals surface area contributed by atoms with Gasteiger partial charge in [0.05, 0.1) is 6.10 Å². The molecule has 1 aliphatic rings. The van der Waals surface area contributed by atoms with Gasteiger partial charge < -0.3 is 10.5 Å². The van der Waals surface area contributed by atoms with Crippen LogP contribution in [0.3, 0.4) is 0 Å². The Kier molecular flexibility index (Phi) is 3.84. The van der Waals surface area contributed by atoms with E-state index >= 15 is 0 Å². The molecule has 1 aliphatic heterocycles. The summed E-state index contributed by atoms with van der Waals surface area (Å²) in [6, 6.07) is 2.94. The first-order valence-electron chi connectivity index (χ1n) is 5.79. The summed E-state index contributed by atoms with van der Waals surface area (Å²) in [6.45, 7) is 1.08. The van der Waals surface area contributed by atoms with E-state index in [1.165, 1.54) is 22.6 Å². The third kappa shape index (κ3) is 2.80. The Hall–Kier alpha value is -1.18. The third-order valence-corrected chi connectivity index (χ3v) is 4.76. The average Bonchev–Trinajstić information content (AvgIpc) is 2.82. The second kappa shape index (κ2) is 5.21. The number of anilines is 1. The molecular weight excluding hydrogens is 254 g/mol. The number of aromatic nitrogens is 1. The Morgan fingerprint density at radius 2 is 2.33 bits per heavy atom. The standard InChI is InChI=1S/C11H17N3O3S/c1-14(8-9-3-2-6-17-9)18(15,16)10-4-5-11(12)13-7-10/h4-5,7,9H,2-3,6,8H2,1H3,(H2,12,13). The first-order valence-corrected chi connectivity index (χ1v) is 7.23. The van der Waals surface area contributed by atoms with E-state index in [0.717, 1.165) is 12.8 Å². The highest BCUT2D eigenvalue weighted by Gasteiger charge is 2.26. The van der Waals surface area contributed by atoms with Gasteiger partial charge in [-0.05, 0) is 25.0 Å². The van der Waals surface area contributed by atoms with Crippen LogP contribution >= 0.6 is 0 Å². The predicted octanol–water partition coefficient (Wildman–Crippen LogP) is 0.463. The molecule has 0 spiro atoms. The lowest BCUT2D eigenvalue weighted by Crippen LogP contribution is -2.34. The highest BCUT2D eigenvalue weighted by atomic mass is 32.2. The Morgan fingerprint density at radius 1 is 1.56 bits per heavy atom. The molecule has 6 nitrogen and oxygen atoms in total. The van der Waals surface area contributed by atoms with Crippen LogP contribution in [0.4, 0.5) is 5.82 Å². The maximum Gasteiger partial charge on any atom is 0.244 e. The van der Waals surface area contributed by atoms with Crippen molar-refractivity contribution in [1.82, 2.24) is 9.29 Å². The van der Waals surface area contributed by atoms with Crippen molar-refractivity contribution in [2.45, 2.75) is 23.8 Å². The van der Waals surface area contributed by atoms with Crippen molar-refractivity contribution in [1.29, 1.82) is 0 Å². The molecule has 1 aromatic heterocycles. The third-order valence-electron chi connectivity index (χ3n) is 2.95. The lowest BCUT2D eigenvalue weighted by Gasteiger charge is -2.20. The minimum Gasteiger partial charge on any atom is -0.384 e. The monoisotopic (exact) mass is 271 g/mol. The molecule has 2 heterocycles. The van der Waals surface area contributed by atoms with Gasteiger partial charge in [0.25, 0.3) is 0 Å². The Morgan fingerprint density at radius 3 is 2.89 bits per heavy atom. The molecule has 1 saturated heterocycles. The quantitative estimate of drug-likeness (QED) is 0.860. The summed E-state index contributed by atoms with van der Waals surface area (Å²) < 4.78 is 31.2. The van der Waals surface area contributed by atoms with E-state index in [1.54, 1.807) is 7.05 Å². The van der Waals surface area contributed by atoms with Gasteiger partial charge in [-0.3, -0.25) is 0 Å². The van der Waals surface area contributed by atoms with Crippen LogP contribution in [0.1, 0.15) is 12.8 Å². The van der Waals surface area contributed by atoms with E-state index in [-0.39, 0.29) is 11.0 Å². The van der Waals surface area contributed by atoms with Crippen LogP contribution in [-0.2, 0) is 14.8 Å². The minimum atomic E-state index is -3.51. The number of hydrogen-bond donors (Lipinski definition) is 1. The number of nitrogens with zero attached hydrogens (tertiary/aromatic N) is 2. The van der Waals surface area contributed by atoms with Crippen molar-refractivity contribution in [3.8, 4) is 0 Å². The molecule has 0 amide bonds. The molecule has 2 rings (SSSR count). The summed E-state index contributed by atoms with van der Waals surface area (Å²) >= 11 is 0. The van der Waals surface area contributed by atoms with E-state index in [4.69, 9.17) is 10.5 Å². The summed E-state index contributed by atoms with van der Waals surface area (Å²) in [5.41, 5.74) is 5.44. The molecule has 1 atom stereocenters. The molecule has 0 radical (unpaired) electrons. The molecule has 0 bridgehead atoms. The fourth-order valence-electron chi connectivity index (χ4n) is 1.90. The molecule has 7 heteroatoms. The van der Waals surface area contributed by atoms with Crippen LogP contribution in [0.25, 0.3) is 0 Å². The number of nitrogens with two attached hydrogens (primary N) is 1. The molecule has 18 heavy (non-hydrogen) atoms. The van der Waals surface area contributed by atoms with Gasteiger partial charge >= 0.3 is 0 Å². The van der Waals surface area contributed by atoms with Gasteiger partial charge in [0, 0.05) is 26.4 Å². The SMILES string of the molecule is CN(CC1CCCO1)S(=O)(=O)c1ccc(N)nc1. The van der Waals surface area contributed by atoms with Crippen LogP contribution in [0.2, 0.25) is 0 Å². The lowest BCUT2D eigenvalue weighted by atomic mass is 10.2. The zero-order valence-corrected chi connectivity index (χ0v) is 11.1. The van der Waals surface area contributed by atoms with Crippen LogP contribution in [0, 0.1) is 0 Å². The topological polar surface area (TPSA) is 85.5 Å². The highest BCUT2D eigenvalue weighted by molar-refractivity contribution is 7.89. The zero-order valence-electron chi connectivity index (χ0n) is 10.2. The summed E-state index contributed by atoms with van der Waals surface area (Å²) in [5, 5.41) is 0.